The third-order valence-electron chi connectivity index (χ3n) is 3.70. The standard InChI is InChI=1S/C14H20N2O4/c1-2-3-11-7-12(20-16-11)8-15-13(17)9-4-5-10(6-9)14(18)19/h7,9-10H,2-6,8H2,1H3,(H,15,17)(H,18,19)/t9-,10+/m0/s1. The van der Waals surface area contributed by atoms with Gasteiger partial charge in [0.05, 0.1) is 18.2 Å². The molecule has 1 saturated carbocycles. The number of hydrogen-bond acceptors (Lipinski definition) is 4. The Morgan fingerprint density at radius 3 is 2.85 bits per heavy atom. The summed E-state index contributed by atoms with van der Waals surface area (Å²) in [6.45, 7) is 2.37. The Kier molecular flexibility index (Phi) is 4.76. The van der Waals surface area contributed by atoms with Crippen molar-refractivity contribution in [1.29, 1.82) is 0 Å². The molecule has 1 heterocycles. The van der Waals surface area contributed by atoms with Crippen molar-refractivity contribution in [2.45, 2.75) is 45.6 Å². The molecule has 6 nitrogen and oxygen atoms in total. The number of aliphatic carboxylic acids is 1. The minimum atomic E-state index is -0.806. The van der Waals surface area contributed by atoms with Gasteiger partial charge in [0, 0.05) is 12.0 Å². The smallest absolute Gasteiger partial charge is 0.306 e. The van der Waals surface area contributed by atoms with Crippen LogP contribution in [0.15, 0.2) is 10.6 Å². The summed E-state index contributed by atoms with van der Waals surface area (Å²) in [5.74, 6) is -0.849. The van der Waals surface area contributed by atoms with Gasteiger partial charge in [0.2, 0.25) is 5.91 Å². The maximum atomic E-state index is 12.0. The number of carbonyl (C=O) groups is 2. The lowest BCUT2D eigenvalue weighted by atomic mass is 10.0. The molecule has 1 aromatic rings. The van der Waals surface area contributed by atoms with Crippen LogP contribution in [0.5, 0.6) is 0 Å². The van der Waals surface area contributed by atoms with E-state index in [1.165, 1.54) is 0 Å². The fourth-order valence-electron chi connectivity index (χ4n) is 2.58. The van der Waals surface area contributed by atoms with Crippen molar-refractivity contribution in [2.24, 2.45) is 11.8 Å². The highest BCUT2D eigenvalue weighted by Gasteiger charge is 2.33. The number of carbonyl (C=O) groups excluding carboxylic acids is 1. The van der Waals surface area contributed by atoms with Gasteiger partial charge in [0.25, 0.3) is 0 Å². The lowest BCUT2D eigenvalue weighted by molar-refractivity contribution is -0.141. The van der Waals surface area contributed by atoms with Crippen molar-refractivity contribution >= 4 is 11.9 Å². The van der Waals surface area contributed by atoms with Gasteiger partial charge in [-0.15, -0.1) is 0 Å². The molecule has 2 N–H and O–H groups in total. The number of nitrogens with one attached hydrogen (secondary N) is 1. The number of aromatic nitrogens is 1. The van der Waals surface area contributed by atoms with E-state index in [4.69, 9.17) is 9.63 Å². The molecule has 1 aromatic heterocycles. The number of hydrogen-bond donors (Lipinski definition) is 2. The van der Waals surface area contributed by atoms with Crippen molar-refractivity contribution in [2.75, 3.05) is 0 Å². The van der Waals surface area contributed by atoms with Crippen LogP contribution in [0.2, 0.25) is 0 Å². The normalized spacial score (nSPS) is 21.9. The van der Waals surface area contributed by atoms with Gasteiger partial charge in [0.1, 0.15) is 0 Å². The molecule has 0 aromatic carbocycles. The Balaban J connectivity index is 1.79. The van der Waals surface area contributed by atoms with Crippen molar-refractivity contribution in [1.82, 2.24) is 10.5 Å². The molecule has 0 aliphatic heterocycles. The predicted octanol–water partition coefficient (Wildman–Crippen LogP) is 1.74. The molecule has 2 rings (SSSR count). The van der Waals surface area contributed by atoms with E-state index in [0.29, 0.717) is 31.6 Å². The minimum absolute atomic E-state index is 0.0952. The third kappa shape index (κ3) is 3.59. The zero-order valence-electron chi connectivity index (χ0n) is 11.6. The molecule has 20 heavy (non-hydrogen) atoms. The van der Waals surface area contributed by atoms with Crippen molar-refractivity contribution in [3.8, 4) is 0 Å². The first kappa shape index (κ1) is 14.6. The summed E-state index contributed by atoms with van der Waals surface area (Å²) < 4.78 is 5.13. The fraction of sp³-hybridized carbons (Fsp3) is 0.643. The summed E-state index contributed by atoms with van der Waals surface area (Å²) in [6, 6.07) is 1.85. The highest BCUT2D eigenvalue weighted by molar-refractivity contribution is 5.80. The number of carboxylic acid groups (broad SMARTS) is 1. The van der Waals surface area contributed by atoms with E-state index in [0.717, 1.165) is 18.5 Å². The summed E-state index contributed by atoms with van der Waals surface area (Å²) >= 11 is 0. The number of carboxylic acids is 1. The summed E-state index contributed by atoms with van der Waals surface area (Å²) in [5, 5.41) is 15.6. The summed E-state index contributed by atoms with van der Waals surface area (Å²) in [4.78, 5) is 22.8. The molecule has 0 radical (unpaired) electrons. The molecule has 0 spiro atoms. The second-order valence-electron chi connectivity index (χ2n) is 5.30. The molecule has 1 aliphatic carbocycles. The average Bonchev–Trinajstić information content (AvgIpc) is 3.05. The van der Waals surface area contributed by atoms with Crippen LogP contribution in [0.3, 0.4) is 0 Å². The average molecular weight is 280 g/mol. The summed E-state index contributed by atoms with van der Waals surface area (Å²) in [6.07, 6.45) is 3.51. The minimum Gasteiger partial charge on any atom is -0.481 e. The zero-order chi connectivity index (χ0) is 14.5. The first-order valence-corrected chi connectivity index (χ1v) is 7.05. The molecule has 1 fully saturated rings. The largest absolute Gasteiger partial charge is 0.481 e. The van der Waals surface area contributed by atoms with Crippen molar-refractivity contribution in [3.63, 3.8) is 0 Å². The maximum Gasteiger partial charge on any atom is 0.306 e. The zero-order valence-corrected chi connectivity index (χ0v) is 11.6. The SMILES string of the molecule is CCCc1cc(CNC(=O)[C@H]2CC[C@@H](C(=O)O)C2)on1. The second-order valence-corrected chi connectivity index (χ2v) is 5.30. The number of aryl methyl sites for hydroxylation is 1. The first-order valence-electron chi connectivity index (χ1n) is 7.05. The van der Waals surface area contributed by atoms with Crippen LogP contribution in [0.25, 0.3) is 0 Å². The van der Waals surface area contributed by atoms with E-state index >= 15 is 0 Å². The topological polar surface area (TPSA) is 92.4 Å². The van der Waals surface area contributed by atoms with Gasteiger partial charge in [-0.1, -0.05) is 18.5 Å². The Morgan fingerprint density at radius 1 is 1.45 bits per heavy atom. The molecule has 1 amide bonds. The maximum absolute atomic E-state index is 12.0. The highest BCUT2D eigenvalue weighted by atomic mass is 16.5. The number of rotatable bonds is 6. The molecule has 0 saturated heterocycles. The van der Waals surface area contributed by atoms with Gasteiger partial charge >= 0.3 is 5.97 Å². The number of amides is 1. The lowest BCUT2D eigenvalue weighted by Crippen LogP contribution is -2.29. The van der Waals surface area contributed by atoms with E-state index in [9.17, 15) is 9.59 Å². The van der Waals surface area contributed by atoms with E-state index < -0.39 is 5.97 Å². The van der Waals surface area contributed by atoms with E-state index in [1.807, 2.05) is 6.07 Å². The van der Waals surface area contributed by atoms with Crippen molar-refractivity contribution < 1.29 is 19.2 Å². The molecule has 0 bridgehead atoms. The Hall–Kier alpha value is -1.85. The quantitative estimate of drug-likeness (QED) is 0.828. The van der Waals surface area contributed by atoms with Gasteiger partial charge in [0.15, 0.2) is 5.76 Å². The molecule has 110 valence electrons. The molecule has 2 atom stereocenters. The molecule has 0 unspecified atom stereocenters. The lowest BCUT2D eigenvalue weighted by Gasteiger charge is -2.09. The van der Waals surface area contributed by atoms with Crippen LogP contribution in [0.1, 0.15) is 44.1 Å². The Morgan fingerprint density at radius 2 is 2.20 bits per heavy atom. The van der Waals surface area contributed by atoms with Gasteiger partial charge in [-0.3, -0.25) is 9.59 Å². The van der Waals surface area contributed by atoms with Crippen LogP contribution < -0.4 is 5.32 Å². The molecule has 1 aliphatic rings. The highest BCUT2D eigenvalue weighted by Crippen LogP contribution is 2.31. The van der Waals surface area contributed by atoms with Gasteiger partial charge in [-0.2, -0.15) is 0 Å². The first-order chi connectivity index (χ1) is 9.60. The predicted molar refractivity (Wildman–Crippen MR) is 70.8 cm³/mol. The van der Waals surface area contributed by atoms with E-state index in [-0.39, 0.29) is 17.7 Å². The monoisotopic (exact) mass is 280 g/mol. The molecular weight excluding hydrogens is 260 g/mol. The second kappa shape index (κ2) is 6.54. The third-order valence-corrected chi connectivity index (χ3v) is 3.70. The van der Waals surface area contributed by atoms with E-state index in [2.05, 4.69) is 17.4 Å². The van der Waals surface area contributed by atoms with Crippen LogP contribution in [0, 0.1) is 11.8 Å². The van der Waals surface area contributed by atoms with Crippen LogP contribution in [0.4, 0.5) is 0 Å². The summed E-state index contributed by atoms with van der Waals surface area (Å²) in [7, 11) is 0. The van der Waals surface area contributed by atoms with Crippen LogP contribution in [-0.2, 0) is 22.6 Å². The Labute approximate surface area is 117 Å². The van der Waals surface area contributed by atoms with Crippen molar-refractivity contribution in [3.05, 3.63) is 17.5 Å². The van der Waals surface area contributed by atoms with Gasteiger partial charge in [-0.05, 0) is 25.7 Å². The van der Waals surface area contributed by atoms with Gasteiger partial charge in [-0.25, -0.2) is 0 Å². The summed E-state index contributed by atoms with van der Waals surface area (Å²) in [5.41, 5.74) is 0.892. The fourth-order valence-corrected chi connectivity index (χ4v) is 2.58. The van der Waals surface area contributed by atoms with E-state index in [1.54, 1.807) is 0 Å². The van der Waals surface area contributed by atoms with Gasteiger partial charge < -0.3 is 14.9 Å². The molecule has 6 heteroatoms. The number of nitrogens with zero attached hydrogens (tertiary/aromatic N) is 1. The Bertz CT molecular complexity index is 483. The van der Waals surface area contributed by atoms with Crippen LogP contribution >= 0.6 is 0 Å². The molecular formula is C14H20N2O4. The van der Waals surface area contributed by atoms with Crippen LogP contribution in [-0.4, -0.2) is 22.1 Å².